The van der Waals surface area contributed by atoms with Crippen molar-refractivity contribution in [2.75, 3.05) is 13.2 Å². The molecular formula is C10H22O10P2S2-6. The summed E-state index contributed by atoms with van der Waals surface area (Å²) in [5.41, 5.74) is 0. The number of ether oxygens (including phenoxy) is 2. The standard InChI is InChI=1S/C8H14O4.2CH4.2H3O3PS/c1-3-11-7(9)5-6-8(10)12-4-2;;;2*1-4(2,3)5/h3-6H2,1-2H3;2*1H4;2*(H3,1,2,3,5)/p-6. The molecule has 0 saturated heterocycles. The third-order valence-corrected chi connectivity index (χ3v) is 1.14. The van der Waals surface area contributed by atoms with Gasteiger partial charge in [-0.1, -0.05) is 14.9 Å². The minimum Gasteiger partial charge on any atom is -0.844 e. The first-order chi connectivity index (χ1) is 9.70. The quantitative estimate of drug-likeness (QED) is 0.314. The molecule has 0 aliphatic carbocycles. The van der Waals surface area contributed by atoms with Crippen molar-refractivity contribution in [1.29, 1.82) is 0 Å². The average molecular weight is 428 g/mol. The van der Waals surface area contributed by atoms with E-state index in [2.05, 4.69) is 33.1 Å². The van der Waals surface area contributed by atoms with Gasteiger partial charge in [0.1, 0.15) is 0 Å². The molecule has 0 aromatic heterocycles. The van der Waals surface area contributed by atoms with Crippen LogP contribution in [0.15, 0.2) is 0 Å². The van der Waals surface area contributed by atoms with E-state index in [-0.39, 0.29) is 39.6 Å². The number of rotatable bonds is 5. The van der Waals surface area contributed by atoms with Gasteiger partial charge in [-0.25, -0.2) is 0 Å². The molecule has 0 spiro atoms. The summed E-state index contributed by atoms with van der Waals surface area (Å²) >= 11 is 6.54. The summed E-state index contributed by atoms with van der Waals surface area (Å²) in [7, 11) is 0. The molecule has 0 N–H and O–H groups in total. The van der Waals surface area contributed by atoms with Crippen LogP contribution >= 0.6 is 13.4 Å². The lowest BCUT2D eigenvalue weighted by molar-refractivity contribution is -0.413. The Bertz CT molecular complexity index is 352. The Kier molecular flexibility index (Phi) is 28.3. The van der Waals surface area contributed by atoms with E-state index in [0.29, 0.717) is 13.2 Å². The summed E-state index contributed by atoms with van der Waals surface area (Å²) in [5, 5.41) is 0. The van der Waals surface area contributed by atoms with Crippen molar-refractivity contribution >= 4 is 49.0 Å². The lowest BCUT2D eigenvalue weighted by Gasteiger charge is -2.43. The zero-order valence-electron chi connectivity index (χ0n) is 11.6. The maximum Gasteiger partial charge on any atom is 0.306 e. The molecule has 0 heterocycles. The first-order valence-electron chi connectivity index (χ1n) is 5.48. The summed E-state index contributed by atoms with van der Waals surface area (Å²) in [6, 6.07) is 0. The topological polar surface area (TPSA) is 191 Å². The van der Waals surface area contributed by atoms with Crippen LogP contribution in [0.5, 0.6) is 0 Å². The van der Waals surface area contributed by atoms with Crippen molar-refractivity contribution in [2.24, 2.45) is 0 Å². The van der Waals surface area contributed by atoms with Crippen molar-refractivity contribution in [2.45, 2.75) is 41.5 Å². The normalized spacial score (nSPS) is 9.50. The van der Waals surface area contributed by atoms with Gasteiger partial charge in [-0.05, 0) is 13.8 Å². The predicted octanol–water partition coefficient (Wildman–Crippen LogP) is -3.25. The summed E-state index contributed by atoms with van der Waals surface area (Å²) in [4.78, 5) is 75.0. The molecule has 0 aliphatic rings. The van der Waals surface area contributed by atoms with Crippen molar-refractivity contribution in [3.05, 3.63) is 0 Å². The Labute approximate surface area is 152 Å². The van der Waals surface area contributed by atoms with E-state index < -0.39 is 13.4 Å². The molecule has 0 radical (unpaired) electrons. The number of carbonyl (C=O) groups is 2. The van der Waals surface area contributed by atoms with Gasteiger partial charge < -0.3 is 52.3 Å². The Balaban J connectivity index is -0.0000000847. The molecule has 0 fully saturated rings. The van der Waals surface area contributed by atoms with Gasteiger partial charge in [-0.3, -0.25) is 9.59 Å². The maximum atomic E-state index is 10.7. The zero-order chi connectivity index (χ0) is 18.4. The Hall–Kier alpha value is -0.000000000000000305. The lowest BCUT2D eigenvalue weighted by Crippen LogP contribution is -2.23. The van der Waals surface area contributed by atoms with Gasteiger partial charge in [0.05, 0.1) is 26.1 Å². The Morgan fingerprint density at radius 1 is 0.750 bits per heavy atom. The van der Waals surface area contributed by atoms with E-state index in [4.69, 9.17) is 29.4 Å². The third kappa shape index (κ3) is 80.2. The fourth-order valence-electron chi connectivity index (χ4n) is 0.670. The number of esters is 2. The van der Waals surface area contributed by atoms with Crippen molar-refractivity contribution in [3.8, 4) is 0 Å². The van der Waals surface area contributed by atoms with Gasteiger partial charge in [0, 0.05) is 0 Å². The first-order valence-corrected chi connectivity index (χ1v) is 10.6. The van der Waals surface area contributed by atoms with Crippen LogP contribution in [-0.4, -0.2) is 25.2 Å². The molecule has 0 bridgehead atoms. The van der Waals surface area contributed by atoms with Gasteiger partial charge in [-0.2, -0.15) is 23.6 Å². The monoisotopic (exact) mass is 428 g/mol. The highest BCUT2D eigenvalue weighted by Crippen LogP contribution is 2.04. The number of hydrogen-bond donors (Lipinski definition) is 0. The number of hydrogen-bond acceptors (Lipinski definition) is 12. The number of carbonyl (C=O) groups excluding carboxylic acids is 2. The van der Waals surface area contributed by atoms with Crippen LogP contribution < -0.4 is 29.4 Å². The second-order valence-electron chi connectivity index (χ2n) is 3.00. The summed E-state index contributed by atoms with van der Waals surface area (Å²) < 4.78 is 9.25. The van der Waals surface area contributed by atoms with Gasteiger partial charge in [0.25, 0.3) is 0 Å². The van der Waals surface area contributed by atoms with Gasteiger partial charge >= 0.3 is 11.9 Å². The van der Waals surface area contributed by atoms with Crippen LogP contribution in [-0.2, 0) is 42.7 Å². The largest absolute Gasteiger partial charge is 0.844 e. The third-order valence-electron chi connectivity index (χ3n) is 1.14. The van der Waals surface area contributed by atoms with Crippen LogP contribution in [0.4, 0.5) is 0 Å². The molecular weight excluding hydrogens is 406 g/mol. The van der Waals surface area contributed by atoms with Crippen LogP contribution in [0.1, 0.15) is 41.5 Å². The molecule has 0 rings (SSSR count). The highest BCUT2D eigenvalue weighted by molar-refractivity contribution is 8.04. The summed E-state index contributed by atoms with van der Waals surface area (Å²) in [6.45, 7) is -4.96. The fourth-order valence-corrected chi connectivity index (χ4v) is 0.670. The zero-order valence-corrected chi connectivity index (χ0v) is 15.0. The summed E-state index contributed by atoms with van der Waals surface area (Å²) in [6.07, 6.45) is 0.208. The SMILES string of the molecule is C.C.CCOC(=O)CCC(=O)OCC.[O-]P([O-])([O-])=S.[O-]P([O-])([O-])=S. The van der Waals surface area contributed by atoms with Crippen molar-refractivity contribution < 1.29 is 48.4 Å². The molecule has 10 nitrogen and oxygen atoms in total. The molecule has 0 atom stereocenters. The van der Waals surface area contributed by atoms with Gasteiger partial charge in [-0.15, -0.1) is 0 Å². The smallest absolute Gasteiger partial charge is 0.306 e. The molecule has 0 aromatic carbocycles. The molecule has 14 heteroatoms. The summed E-state index contributed by atoms with van der Waals surface area (Å²) in [5.74, 6) is -0.712. The van der Waals surface area contributed by atoms with Crippen LogP contribution in [0, 0.1) is 0 Å². The minimum absolute atomic E-state index is 0. The lowest BCUT2D eigenvalue weighted by atomic mass is 10.3. The van der Waals surface area contributed by atoms with E-state index in [0.717, 1.165) is 0 Å². The molecule has 24 heavy (non-hydrogen) atoms. The maximum absolute atomic E-state index is 10.7. The Morgan fingerprint density at radius 2 is 0.917 bits per heavy atom. The van der Waals surface area contributed by atoms with Crippen molar-refractivity contribution in [3.63, 3.8) is 0 Å². The molecule has 0 unspecified atom stereocenters. The predicted molar refractivity (Wildman–Crippen MR) is 84.5 cm³/mol. The van der Waals surface area contributed by atoms with Crippen LogP contribution in [0.25, 0.3) is 0 Å². The average Bonchev–Trinajstić information content (AvgIpc) is 2.22. The van der Waals surface area contributed by atoms with Crippen LogP contribution in [0.3, 0.4) is 0 Å². The molecule has 0 amide bonds. The molecule has 0 saturated carbocycles. The van der Waals surface area contributed by atoms with Gasteiger partial charge in [0.2, 0.25) is 0 Å². The fraction of sp³-hybridized carbons (Fsp3) is 0.800. The van der Waals surface area contributed by atoms with Crippen LogP contribution in [0.2, 0.25) is 0 Å². The second kappa shape index (κ2) is 19.3. The van der Waals surface area contributed by atoms with Gasteiger partial charge in [0.15, 0.2) is 0 Å². The highest BCUT2D eigenvalue weighted by atomic mass is 32.5. The van der Waals surface area contributed by atoms with E-state index >= 15 is 0 Å². The molecule has 0 aromatic rings. The highest BCUT2D eigenvalue weighted by Gasteiger charge is 2.06. The molecule has 0 aliphatic heterocycles. The Morgan fingerprint density at radius 3 is 1.04 bits per heavy atom. The van der Waals surface area contributed by atoms with Crippen molar-refractivity contribution in [1.82, 2.24) is 0 Å². The van der Waals surface area contributed by atoms with E-state index in [1.165, 1.54) is 0 Å². The second-order valence-corrected chi connectivity index (χ2v) is 7.48. The van der Waals surface area contributed by atoms with E-state index in [1.54, 1.807) is 13.8 Å². The van der Waals surface area contributed by atoms with E-state index in [1.807, 2.05) is 0 Å². The van der Waals surface area contributed by atoms with E-state index in [9.17, 15) is 9.59 Å². The first kappa shape index (κ1) is 35.2. The molecule has 150 valence electrons. The minimum atomic E-state index is -4.56.